The molecular weight excluding hydrogens is 368 g/mol. The third-order valence-electron chi connectivity index (χ3n) is 2.98. The van der Waals surface area contributed by atoms with Crippen molar-refractivity contribution in [2.45, 2.75) is 12.6 Å². The molecule has 0 spiro atoms. The molecule has 2 N–H and O–H groups in total. The van der Waals surface area contributed by atoms with Gasteiger partial charge in [0, 0.05) is 0 Å². The number of amides is 2. The Balaban J connectivity index is 2.58. The van der Waals surface area contributed by atoms with Gasteiger partial charge in [-0.05, 0) is 5.56 Å². The summed E-state index contributed by atoms with van der Waals surface area (Å²) in [4.78, 5) is 46.2. The average Bonchev–Trinajstić information content (AvgIpc) is 2.67. The van der Waals surface area contributed by atoms with Gasteiger partial charge in [-0.15, -0.1) is 11.6 Å². The molecule has 1 aromatic carbocycles. The summed E-state index contributed by atoms with van der Waals surface area (Å²) in [5.74, 6) is -2.61. The van der Waals surface area contributed by atoms with Crippen LogP contribution in [0.25, 0.3) is 0 Å². The summed E-state index contributed by atoms with van der Waals surface area (Å²) in [6, 6.07) is 7.63. The lowest BCUT2D eigenvalue weighted by Gasteiger charge is -2.18. The molecule has 0 bridgehead atoms. The van der Waals surface area contributed by atoms with Crippen LogP contribution in [0.1, 0.15) is 5.56 Å². The number of hydrogen-bond donors (Lipinski definition) is 2. The minimum Gasteiger partial charge on any atom is -0.468 e. The lowest BCUT2D eigenvalue weighted by Crippen LogP contribution is -2.50. The van der Waals surface area contributed by atoms with Gasteiger partial charge in [-0.2, -0.15) is 0 Å². The lowest BCUT2D eigenvalue weighted by molar-refractivity contribution is -0.144. The number of esters is 2. The summed E-state index contributed by atoms with van der Waals surface area (Å²) in [7, 11) is 1.16. The molecular formula is C16H19ClN2O7. The molecule has 0 aromatic heterocycles. The van der Waals surface area contributed by atoms with Crippen molar-refractivity contribution in [1.29, 1.82) is 0 Å². The van der Waals surface area contributed by atoms with E-state index in [0.717, 1.165) is 12.7 Å². The van der Waals surface area contributed by atoms with Crippen LogP contribution in [0, 0.1) is 0 Å². The Morgan fingerprint density at radius 2 is 1.77 bits per heavy atom. The van der Waals surface area contributed by atoms with Gasteiger partial charge >= 0.3 is 18.0 Å². The van der Waals surface area contributed by atoms with Crippen molar-refractivity contribution in [2.75, 3.05) is 26.1 Å². The van der Waals surface area contributed by atoms with Gasteiger partial charge in [0.05, 0.1) is 7.11 Å². The fourth-order valence-electron chi connectivity index (χ4n) is 1.66. The molecule has 0 saturated carbocycles. The summed E-state index contributed by atoms with van der Waals surface area (Å²) in [5.41, 5.74) is 0.753. The SMILES string of the molecule is COC(=O)CNC(=O)C(COC(=O)CCl)NC(=O)OCc1ccccc1. The third-order valence-corrected chi connectivity index (χ3v) is 3.19. The quantitative estimate of drug-likeness (QED) is 0.357. The fraction of sp³-hybridized carbons (Fsp3) is 0.375. The zero-order valence-corrected chi connectivity index (χ0v) is 14.8. The van der Waals surface area contributed by atoms with Crippen molar-refractivity contribution in [1.82, 2.24) is 10.6 Å². The monoisotopic (exact) mass is 386 g/mol. The zero-order chi connectivity index (χ0) is 19.4. The molecule has 0 aliphatic heterocycles. The van der Waals surface area contributed by atoms with E-state index >= 15 is 0 Å². The van der Waals surface area contributed by atoms with Crippen LogP contribution in [-0.2, 0) is 35.2 Å². The van der Waals surface area contributed by atoms with E-state index in [1.165, 1.54) is 0 Å². The molecule has 0 heterocycles. The van der Waals surface area contributed by atoms with Crippen LogP contribution < -0.4 is 10.6 Å². The van der Waals surface area contributed by atoms with Gasteiger partial charge in [0.15, 0.2) is 0 Å². The van der Waals surface area contributed by atoms with E-state index in [2.05, 4.69) is 15.4 Å². The van der Waals surface area contributed by atoms with E-state index in [1.807, 2.05) is 6.07 Å². The summed E-state index contributed by atoms with van der Waals surface area (Å²) in [5, 5.41) is 4.51. The topological polar surface area (TPSA) is 120 Å². The Morgan fingerprint density at radius 1 is 1.08 bits per heavy atom. The van der Waals surface area contributed by atoms with Crippen LogP contribution in [0.2, 0.25) is 0 Å². The standard InChI is InChI=1S/C16H19ClN2O7/c1-24-14(21)8-18-15(22)12(10-25-13(20)7-17)19-16(23)26-9-11-5-3-2-4-6-11/h2-6,12H,7-10H2,1H3,(H,18,22)(H,19,23). The minimum absolute atomic E-state index is 0.00929. The zero-order valence-electron chi connectivity index (χ0n) is 14.0. The second-order valence-electron chi connectivity index (χ2n) is 4.87. The molecule has 10 heteroatoms. The molecule has 142 valence electrons. The first kappa shape index (κ1) is 21.2. The predicted octanol–water partition coefficient (Wildman–Crippen LogP) is 0.353. The number of rotatable bonds is 9. The summed E-state index contributed by atoms with van der Waals surface area (Å²) in [6.45, 7) is -0.889. The fourth-order valence-corrected chi connectivity index (χ4v) is 1.74. The first-order valence-electron chi connectivity index (χ1n) is 7.49. The van der Waals surface area contributed by atoms with Gasteiger partial charge in [0.25, 0.3) is 0 Å². The molecule has 1 aromatic rings. The molecule has 1 unspecified atom stereocenters. The Labute approximate surface area is 154 Å². The van der Waals surface area contributed by atoms with Crippen molar-refractivity contribution in [2.24, 2.45) is 0 Å². The van der Waals surface area contributed by atoms with Crippen molar-refractivity contribution in [3.8, 4) is 0 Å². The number of alkyl carbamates (subject to hydrolysis) is 1. The van der Waals surface area contributed by atoms with Crippen molar-refractivity contribution in [3.05, 3.63) is 35.9 Å². The Morgan fingerprint density at radius 3 is 2.38 bits per heavy atom. The second kappa shape index (κ2) is 11.7. The Hall–Kier alpha value is -2.81. The van der Waals surface area contributed by atoms with Crippen LogP contribution in [0.4, 0.5) is 4.79 Å². The van der Waals surface area contributed by atoms with E-state index in [1.54, 1.807) is 24.3 Å². The van der Waals surface area contributed by atoms with Crippen LogP contribution in [0.3, 0.4) is 0 Å². The van der Waals surface area contributed by atoms with Gasteiger partial charge < -0.3 is 24.8 Å². The van der Waals surface area contributed by atoms with Crippen molar-refractivity contribution >= 4 is 35.5 Å². The molecule has 0 radical (unpaired) electrons. The number of nitrogens with one attached hydrogen (secondary N) is 2. The van der Waals surface area contributed by atoms with Gasteiger partial charge in [-0.1, -0.05) is 30.3 Å². The molecule has 1 atom stereocenters. The number of hydrogen-bond acceptors (Lipinski definition) is 7. The highest BCUT2D eigenvalue weighted by Crippen LogP contribution is 2.01. The van der Waals surface area contributed by atoms with Gasteiger partial charge in [-0.3, -0.25) is 14.4 Å². The molecule has 0 saturated heterocycles. The Kier molecular flexibility index (Phi) is 9.55. The van der Waals surface area contributed by atoms with Crippen molar-refractivity contribution in [3.63, 3.8) is 0 Å². The van der Waals surface area contributed by atoms with Gasteiger partial charge in [-0.25, -0.2) is 4.79 Å². The Bertz CT molecular complexity index is 624. The van der Waals surface area contributed by atoms with E-state index in [-0.39, 0.29) is 6.61 Å². The highest BCUT2D eigenvalue weighted by molar-refractivity contribution is 6.26. The lowest BCUT2D eigenvalue weighted by atomic mass is 10.2. The number of benzene rings is 1. The first-order valence-corrected chi connectivity index (χ1v) is 8.03. The van der Waals surface area contributed by atoms with Gasteiger partial charge in [0.2, 0.25) is 5.91 Å². The summed E-state index contributed by atoms with van der Waals surface area (Å²) >= 11 is 5.31. The average molecular weight is 387 g/mol. The predicted molar refractivity (Wildman–Crippen MR) is 90.3 cm³/mol. The van der Waals surface area contributed by atoms with Gasteiger partial charge in [0.1, 0.15) is 31.7 Å². The number of halogens is 1. The maximum Gasteiger partial charge on any atom is 0.408 e. The number of ether oxygens (including phenoxy) is 3. The summed E-state index contributed by atoms with van der Waals surface area (Å²) in [6.07, 6.45) is -0.894. The number of methoxy groups -OCH3 is 1. The minimum atomic E-state index is -1.27. The molecule has 9 nitrogen and oxygen atoms in total. The van der Waals surface area contributed by atoms with Crippen LogP contribution >= 0.6 is 11.6 Å². The molecule has 1 rings (SSSR count). The van der Waals surface area contributed by atoms with E-state index in [0.29, 0.717) is 0 Å². The maximum absolute atomic E-state index is 12.1. The number of carbonyl (C=O) groups is 4. The summed E-state index contributed by atoms with van der Waals surface area (Å²) < 4.78 is 14.1. The third kappa shape index (κ3) is 8.34. The van der Waals surface area contributed by atoms with Crippen molar-refractivity contribution < 1.29 is 33.4 Å². The maximum atomic E-state index is 12.1. The number of carbonyl (C=O) groups excluding carboxylic acids is 4. The molecule has 26 heavy (non-hydrogen) atoms. The highest BCUT2D eigenvalue weighted by atomic mass is 35.5. The highest BCUT2D eigenvalue weighted by Gasteiger charge is 2.24. The normalized spacial score (nSPS) is 11.0. The second-order valence-corrected chi connectivity index (χ2v) is 5.14. The molecule has 0 aliphatic rings. The van der Waals surface area contributed by atoms with Crippen LogP contribution in [0.5, 0.6) is 0 Å². The first-order chi connectivity index (χ1) is 12.5. The molecule has 2 amide bonds. The van der Waals surface area contributed by atoms with E-state index in [9.17, 15) is 19.2 Å². The molecule has 0 aliphatic carbocycles. The van der Waals surface area contributed by atoms with E-state index < -0.39 is 49.0 Å². The van der Waals surface area contributed by atoms with E-state index in [4.69, 9.17) is 21.1 Å². The van der Waals surface area contributed by atoms with Crippen LogP contribution in [0.15, 0.2) is 30.3 Å². The number of alkyl halides is 1. The molecule has 0 fully saturated rings. The smallest absolute Gasteiger partial charge is 0.408 e. The van der Waals surface area contributed by atoms with Crippen LogP contribution in [-0.4, -0.2) is 56.1 Å². The largest absolute Gasteiger partial charge is 0.468 e.